The minimum absolute atomic E-state index is 0.605. The molecule has 0 bridgehead atoms. The Hall–Kier alpha value is -1.80. The Morgan fingerprint density at radius 1 is 1.12 bits per heavy atom. The number of ether oxygens (including phenoxy) is 1. The van der Waals surface area contributed by atoms with Crippen LogP contribution < -0.4 is 0 Å². The lowest BCUT2D eigenvalue weighted by atomic mass is 10.3. The highest BCUT2D eigenvalue weighted by Gasteiger charge is 2.62. The fourth-order valence-corrected chi connectivity index (χ4v) is 0.638. The Labute approximate surface area is 85.1 Å². The van der Waals surface area contributed by atoms with Crippen molar-refractivity contribution in [3.05, 3.63) is 24.3 Å². The van der Waals surface area contributed by atoms with Crippen LogP contribution in [0.1, 0.15) is 10.4 Å². The van der Waals surface area contributed by atoms with Gasteiger partial charge in [-0.3, -0.25) is 0 Å². The predicted molar refractivity (Wildman–Crippen MR) is 38.4 cm³/mol. The van der Waals surface area contributed by atoms with Crippen molar-refractivity contribution >= 4 is 5.97 Å². The quantitative estimate of drug-likeness (QED) is 0.586. The highest BCUT2D eigenvalue weighted by molar-refractivity contribution is 5.88. The number of rotatable bonds is 2. The van der Waals surface area contributed by atoms with E-state index in [1.165, 1.54) is 0 Å². The van der Waals surface area contributed by atoms with Crippen LogP contribution in [0.25, 0.3) is 0 Å². The molecule has 16 heavy (non-hydrogen) atoms. The molecule has 0 N–H and O–H groups in total. The Bertz CT molecular complexity index is 378. The Kier molecular flexibility index (Phi) is 3.06. The van der Waals surface area contributed by atoms with Crippen molar-refractivity contribution in [3.8, 4) is 0 Å². The number of carbonyl (C=O) groups is 1. The molecular formula is C7H3F5N2O2. The molecule has 0 amide bonds. The number of alkyl halides is 5. The van der Waals surface area contributed by atoms with Gasteiger partial charge in [0.05, 0.1) is 5.56 Å². The Morgan fingerprint density at radius 3 is 2.06 bits per heavy atom. The molecule has 0 saturated heterocycles. The molecule has 0 aliphatic heterocycles. The van der Waals surface area contributed by atoms with Gasteiger partial charge < -0.3 is 4.74 Å². The molecule has 1 heterocycles. The van der Waals surface area contributed by atoms with Gasteiger partial charge in [0.15, 0.2) is 0 Å². The summed E-state index contributed by atoms with van der Waals surface area (Å²) in [4.78, 5) is 17.3. The third-order valence-corrected chi connectivity index (χ3v) is 1.35. The van der Waals surface area contributed by atoms with Crippen molar-refractivity contribution in [3.63, 3.8) is 0 Å². The van der Waals surface area contributed by atoms with Crippen LogP contribution in [0.4, 0.5) is 22.0 Å². The summed E-state index contributed by atoms with van der Waals surface area (Å²) in [6.45, 7) is 0. The fraction of sp³-hybridized carbons (Fsp3) is 0.286. The van der Waals surface area contributed by atoms with E-state index in [9.17, 15) is 26.7 Å². The predicted octanol–water partition coefficient (Wildman–Crippen LogP) is 1.79. The summed E-state index contributed by atoms with van der Waals surface area (Å²) in [6.07, 6.45) is -9.03. The minimum atomic E-state index is -5.96. The molecule has 0 saturated carbocycles. The maximum Gasteiger partial charge on any atom is 0.501 e. The van der Waals surface area contributed by atoms with Crippen molar-refractivity contribution < 1.29 is 31.5 Å². The third kappa shape index (κ3) is 2.61. The van der Waals surface area contributed by atoms with Gasteiger partial charge in [0.25, 0.3) is 0 Å². The van der Waals surface area contributed by atoms with E-state index < -0.39 is 23.8 Å². The second-order valence-electron chi connectivity index (χ2n) is 2.53. The summed E-state index contributed by atoms with van der Waals surface area (Å²) in [5.41, 5.74) is -0.605. The largest absolute Gasteiger partial charge is 0.501 e. The van der Waals surface area contributed by atoms with Crippen LogP contribution in [-0.4, -0.2) is 28.2 Å². The number of nitrogens with zero attached hydrogens (tertiary/aromatic N) is 2. The summed E-state index contributed by atoms with van der Waals surface area (Å²) < 4.78 is 62.5. The summed E-state index contributed by atoms with van der Waals surface area (Å²) in [7, 11) is 0. The van der Waals surface area contributed by atoms with Crippen LogP contribution >= 0.6 is 0 Å². The molecule has 4 nitrogen and oxygen atoms in total. The molecule has 9 heteroatoms. The summed E-state index contributed by atoms with van der Waals surface area (Å²) in [5, 5.41) is 0. The van der Waals surface area contributed by atoms with E-state index in [2.05, 4.69) is 14.7 Å². The smallest absolute Gasteiger partial charge is 0.390 e. The number of carbonyl (C=O) groups excluding carboxylic acids is 1. The van der Waals surface area contributed by atoms with Crippen LogP contribution in [0.3, 0.4) is 0 Å². The summed E-state index contributed by atoms with van der Waals surface area (Å²) in [6, 6.07) is 0. The van der Waals surface area contributed by atoms with Crippen molar-refractivity contribution in [2.75, 3.05) is 0 Å². The molecule has 0 aliphatic rings. The van der Waals surface area contributed by atoms with Crippen molar-refractivity contribution in [2.45, 2.75) is 12.3 Å². The SMILES string of the molecule is O=C(OC(F)(F)C(F)(F)F)c1cncnc1. The second-order valence-corrected chi connectivity index (χ2v) is 2.53. The van der Waals surface area contributed by atoms with E-state index in [1.807, 2.05) is 0 Å². The Morgan fingerprint density at radius 2 is 1.62 bits per heavy atom. The van der Waals surface area contributed by atoms with Gasteiger partial charge in [-0.05, 0) is 0 Å². The van der Waals surface area contributed by atoms with E-state index in [1.54, 1.807) is 0 Å². The maximum atomic E-state index is 12.3. The normalized spacial score (nSPS) is 12.3. The fourth-order valence-electron chi connectivity index (χ4n) is 0.638. The molecule has 0 spiro atoms. The van der Waals surface area contributed by atoms with E-state index in [-0.39, 0.29) is 0 Å². The van der Waals surface area contributed by atoms with Crippen LogP contribution in [0.2, 0.25) is 0 Å². The molecule has 0 radical (unpaired) electrons. The van der Waals surface area contributed by atoms with Gasteiger partial charge in [0.1, 0.15) is 6.33 Å². The number of hydrogen-bond donors (Lipinski definition) is 0. The van der Waals surface area contributed by atoms with Crippen molar-refractivity contribution in [2.24, 2.45) is 0 Å². The van der Waals surface area contributed by atoms with Gasteiger partial charge in [-0.1, -0.05) is 0 Å². The zero-order valence-electron chi connectivity index (χ0n) is 7.33. The first-order chi connectivity index (χ1) is 7.24. The van der Waals surface area contributed by atoms with Crippen molar-refractivity contribution in [1.29, 1.82) is 0 Å². The number of hydrogen-bond acceptors (Lipinski definition) is 4. The number of esters is 1. The zero-order chi connectivity index (χ0) is 12.4. The van der Waals surface area contributed by atoms with Gasteiger partial charge in [-0.25, -0.2) is 14.8 Å². The van der Waals surface area contributed by atoms with Gasteiger partial charge in [0.2, 0.25) is 0 Å². The average Bonchev–Trinajstić information content (AvgIpc) is 2.16. The summed E-state index contributed by atoms with van der Waals surface area (Å²) >= 11 is 0. The van der Waals surface area contributed by atoms with E-state index in [0.29, 0.717) is 0 Å². The van der Waals surface area contributed by atoms with Gasteiger partial charge in [-0.15, -0.1) is 0 Å². The van der Waals surface area contributed by atoms with E-state index in [4.69, 9.17) is 0 Å². The maximum absolute atomic E-state index is 12.3. The van der Waals surface area contributed by atoms with E-state index >= 15 is 0 Å². The van der Waals surface area contributed by atoms with Crippen LogP contribution in [0.15, 0.2) is 18.7 Å². The molecule has 1 aromatic rings. The topological polar surface area (TPSA) is 52.1 Å². The first kappa shape index (κ1) is 12.3. The number of halogens is 5. The first-order valence-corrected chi connectivity index (χ1v) is 3.67. The highest BCUT2D eigenvalue weighted by atomic mass is 19.4. The van der Waals surface area contributed by atoms with Gasteiger partial charge >= 0.3 is 18.3 Å². The molecule has 88 valence electrons. The molecule has 1 aromatic heterocycles. The van der Waals surface area contributed by atoms with Crippen LogP contribution in [-0.2, 0) is 4.74 Å². The molecule has 1 rings (SSSR count). The lowest BCUT2D eigenvalue weighted by molar-refractivity contribution is -0.370. The van der Waals surface area contributed by atoms with Crippen LogP contribution in [0.5, 0.6) is 0 Å². The molecule has 0 unspecified atom stereocenters. The van der Waals surface area contributed by atoms with E-state index in [0.717, 1.165) is 18.7 Å². The molecule has 0 aromatic carbocycles. The molecular weight excluding hydrogens is 239 g/mol. The lowest BCUT2D eigenvalue weighted by Gasteiger charge is -2.18. The third-order valence-electron chi connectivity index (χ3n) is 1.35. The van der Waals surface area contributed by atoms with Gasteiger partial charge in [0, 0.05) is 12.4 Å². The molecule has 0 atom stereocenters. The zero-order valence-corrected chi connectivity index (χ0v) is 7.33. The minimum Gasteiger partial charge on any atom is -0.390 e. The number of aromatic nitrogens is 2. The highest BCUT2D eigenvalue weighted by Crippen LogP contribution is 2.36. The Balaban J connectivity index is 2.80. The monoisotopic (exact) mass is 242 g/mol. The first-order valence-electron chi connectivity index (χ1n) is 3.67. The summed E-state index contributed by atoms with van der Waals surface area (Å²) in [5.74, 6) is -1.86. The molecule has 0 fully saturated rings. The van der Waals surface area contributed by atoms with Crippen molar-refractivity contribution in [1.82, 2.24) is 9.97 Å². The standard InChI is InChI=1S/C7H3F5N2O2/c8-6(9,10)7(11,12)16-5(15)4-1-13-3-14-2-4/h1-3H. The molecule has 0 aliphatic carbocycles. The lowest BCUT2D eigenvalue weighted by Crippen LogP contribution is -2.40. The van der Waals surface area contributed by atoms with Crippen LogP contribution in [0, 0.1) is 0 Å². The van der Waals surface area contributed by atoms with Gasteiger partial charge in [-0.2, -0.15) is 22.0 Å². The average molecular weight is 242 g/mol. The second kappa shape index (κ2) is 3.99.